The van der Waals surface area contributed by atoms with E-state index in [0.717, 1.165) is 11.8 Å². The molecule has 10 heteroatoms. The Bertz CT molecular complexity index is 1230. The molecule has 0 bridgehead atoms. The van der Waals surface area contributed by atoms with Crippen LogP contribution in [0.15, 0.2) is 53.6 Å². The zero-order valence-electron chi connectivity index (χ0n) is 19.4. The Labute approximate surface area is 196 Å². The number of benzene rings is 1. The summed E-state index contributed by atoms with van der Waals surface area (Å²) in [7, 11) is 5.32. The van der Waals surface area contributed by atoms with Crippen molar-refractivity contribution in [1.29, 1.82) is 0 Å². The van der Waals surface area contributed by atoms with E-state index in [-0.39, 0.29) is 28.8 Å². The molecule has 1 amide bonds. The third kappa shape index (κ3) is 5.29. The zero-order valence-corrected chi connectivity index (χ0v) is 19.4. The highest BCUT2D eigenvalue weighted by atomic mass is 19.1. The van der Waals surface area contributed by atoms with Gasteiger partial charge in [-0.1, -0.05) is 12.1 Å². The van der Waals surface area contributed by atoms with Crippen LogP contribution < -0.4 is 15.8 Å². The Morgan fingerprint density at radius 1 is 1.26 bits per heavy atom. The van der Waals surface area contributed by atoms with Crippen LogP contribution in [0.2, 0.25) is 0 Å². The molecule has 178 valence electrons. The van der Waals surface area contributed by atoms with Crippen molar-refractivity contribution >= 4 is 17.5 Å². The number of pyridine rings is 1. The van der Waals surface area contributed by atoms with Gasteiger partial charge in [-0.05, 0) is 37.9 Å². The van der Waals surface area contributed by atoms with Gasteiger partial charge in [0.25, 0.3) is 5.56 Å². The number of hydrogen-bond acceptors (Lipinski definition) is 7. The standard InChI is InChI=1S/C24H27FN6O3/c1-29(2)15-22(32)27-17-6-4-16(5-7-17)21-14-31(10-11-34-21)24-28-20(12-23(33)30(24)3)18-8-9-26-13-19(18)25/h4-9,12-13,21H,10-11,14-15H2,1-3H3,(H,27,32)/t21-/m1/s1. The van der Waals surface area contributed by atoms with Gasteiger partial charge < -0.3 is 19.9 Å². The average molecular weight is 467 g/mol. The summed E-state index contributed by atoms with van der Waals surface area (Å²) in [4.78, 5) is 36.7. The third-order valence-electron chi connectivity index (χ3n) is 5.53. The minimum Gasteiger partial charge on any atom is -0.370 e. The van der Waals surface area contributed by atoms with E-state index in [9.17, 15) is 14.0 Å². The van der Waals surface area contributed by atoms with E-state index < -0.39 is 5.82 Å². The first kappa shape index (κ1) is 23.5. The molecular weight excluding hydrogens is 439 g/mol. The van der Waals surface area contributed by atoms with Crippen LogP contribution >= 0.6 is 0 Å². The van der Waals surface area contributed by atoms with Crippen LogP contribution in [0, 0.1) is 5.82 Å². The molecule has 0 saturated carbocycles. The lowest BCUT2D eigenvalue weighted by atomic mass is 10.1. The molecule has 1 N–H and O–H groups in total. The van der Waals surface area contributed by atoms with Gasteiger partial charge in [-0.15, -0.1) is 0 Å². The van der Waals surface area contributed by atoms with Gasteiger partial charge >= 0.3 is 0 Å². The molecule has 1 aromatic carbocycles. The van der Waals surface area contributed by atoms with Gasteiger partial charge in [0.15, 0.2) is 5.82 Å². The number of nitrogens with zero attached hydrogens (tertiary/aromatic N) is 5. The molecule has 0 radical (unpaired) electrons. The molecule has 1 aliphatic rings. The predicted octanol–water partition coefficient (Wildman–Crippen LogP) is 2.06. The summed E-state index contributed by atoms with van der Waals surface area (Å²) in [6.07, 6.45) is 2.32. The summed E-state index contributed by atoms with van der Waals surface area (Å²) in [6.45, 7) is 1.75. The second-order valence-corrected chi connectivity index (χ2v) is 8.41. The van der Waals surface area contributed by atoms with Crippen LogP contribution in [-0.2, 0) is 16.6 Å². The number of rotatable bonds is 6. The highest BCUT2D eigenvalue weighted by Crippen LogP contribution is 2.27. The maximum atomic E-state index is 14.3. The van der Waals surface area contributed by atoms with Crippen LogP contribution in [-0.4, -0.2) is 65.7 Å². The van der Waals surface area contributed by atoms with Crippen molar-refractivity contribution in [3.8, 4) is 11.3 Å². The molecule has 34 heavy (non-hydrogen) atoms. The largest absolute Gasteiger partial charge is 0.370 e. The van der Waals surface area contributed by atoms with Crippen molar-refractivity contribution in [1.82, 2.24) is 19.4 Å². The Morgan fingerprint density at radius 2 is 2.03 bits per heavy atom. The van der Waals surface area contributed by atoms with Gasteiger partial charge in [-0.2, -0.15) is 0 Å². The van der Waals surface area contributed by atoms with Crippen LogP contribution in [0.4, 0.5) is 16.0 Å². The van der Waals surface area contributed by atoms with Crippen LogP contribution in [0.1, 0.15) is 11.7 Å². The molecule has 1 aliphatic heterocycles. The molecule has 4 rings (SSSR count). The Hall–Kier alpha value is -3.63. The van der Waals surface area contributed by atoms with Gasteiger partial charge in [-0.3, -0.25) is 19.1 Å². The fourth-order valence-electron chi connectivity index (χ4n) is 3.83. The van der Waals surface area contributed by atoms with Gasteiger partial charge in [0.05, 0.1) is 31.6 Å². The molecule has 1 saturated heterocycles. The number of carbonyl (C=O) groups excluding carboxylic acids is 1. The van der Waals surface area contributed by atoms with Crippen molar-refractivity contribution in [2.45, 2.75) is 6.10 Å². The van der Waals surface area contributed by atoms with E-state index in [2.05, 4.69) is 15.3 Å². The summed E-state index contributed by atoms with van der Waals surface area (Å²) in [5.41, 5.74) is 1.86. The first-order valence-corrected chi connectivity index (χ1v) is 10.9. The minimum absolute atomic E-state index is 0.0876. The quantitative estimate of drug-likeness (QED) is 0.595. The second-order valence-electron chi connectivity index (χ2n) is 8.41. The summed E-state index contributed by atoms with van der Waals surface area (Å²) >= 11 is 0. The summed E-state index contributed by atoms with van der Waals surface area (Å²) in [5, 5.41) is 2.86. The van der Waals surface area contributed by atoms with Gasteiger partial charge in [-0.25, -0.2) is 9.37 Å². The molecule has 0 unspecified atom stereocenters. The van der Waals surface area contributed by atoms with Crippen molar-refractivity contribution in [2.24, 2.45) is 7.05 Å². The van der Waals surface area contributed by atoms with Crippen molar-refractivity contribution in [3.63, 3.8) is 0 Å². The van der Waals surface area contributed by atoms with Crippen LogP contribution in [0.25, 0.3) is 11.3 Å². The number of amides is 1. The molecule has 2 aromatic heterocycles. The lowest BCUT2D eigenvalue weighted by Gasteiger charge is -2.34. The number of nitrogens with one attached hydrogen (secondary N) is 1. The van der Waals surface area contributed by atoms with Crippen LogP contribution in [0.3, 0.4) is 0 Å². The van der Waals surface area contributed by atoms with E-state index in [1.165, 1.54) is 22.9 Å². The molecular formula is C24H27FN6O3. The number of ether oxygens (including phenoxy) is 1. The summed E-state index contributed by atoms with van der Waals surface area (Å²) in [5.74, 6) is -0.179. The first-order valence-electron chi connectivity index (χ1n) is 10.9. The number of likely N-dealkylation sites (N-methyl/N-ethyl adjacent to an activating group) is 1. The minimum atomic E-state index is -0.535. The molecule has 3 aromatic rings. The van der Waals surface area contributed by atoms with E-state index in [4.69, 9.17) is 4.74 Å². The maximum Gasteiger partial charge on any atom is 0.255 e. The number of morpholine rings is 1. The third-order valence-corrected chi connectivity index (χ3v) is 5.53. The van der Waals surface area contributed by atoms with E-state index in [1.807, 2.05) is 43.3 Å². The highest BCUT2D eigenvalue weighted by molar-refractivity contribution is 5.92. The van der Waals surface area contributed by atoms with E-state index >= 15 is 0 Å². The zero-order chi connectivity index (χ0) is 24.2. The molecule has 9 nitrogen and oxygen atoms in total. The molecule has 1 atom stereocenters. The van der Waals surface area contributed by atoms with E-state index in [0.29, 0.717) is 37.9 Å². The molecule has 0 spiro atoms. The topological polar surface area (TPSA) is 92.6 Å². The Balaban J connectivity index is 1.54. The highest BCUT2D eigenvalue weighted by Gasteiger charge is 2.25. The maximum absolute atomic E-state index is 14.3. The van der Waals surface area contributed by atoms with Crippen molar-refractivity contribution in [3.05, 3.63) is 70.5 Å². The predicted molar refractivity (Wildman–Crippen MR) is 127 cm³/mol. The summed E-state index contributed by atoms with van der Waals surface area (Å²) < 4.78 is 21.7. The molecule has 0 aliphatic carbocycles. The lowest BCUT2D eigenvalue weighted by Crippen LogP contribution is -2.41. The normalized spacial score (nSPS) is 16.0. The van der Waals surface area contributed by atoms with Gasteiger partial charge in [0.2, 0.25) is 11.9 Å². The Kier molecular flexibility index (Phi) is 6.99. The van der Waals surface area contributed by atoms with Crippen molar-refractivity contribution in [2.75, 3.05) is 50.6 Å². The SMILES string of the molecule is CN(C)CC(=O)Nc1ccc([C@H]2CN(c3nc(-c4ccncc4F)cc(=O)n3C)CCO2)cc1. The fourth-order valence-corrected chi connectivity index (χ4v) is 3.83. The number of hydrogen-bond donors (Lipinski definition) is 1. The fraction of sp³-hybridized carbons (Fsp3) is 0.333. The number of halogens is 1. The second kappa shape index (κ2) is 10.1. The molecule has 3 heterocycles. The number of aromatic nitrogens is 3. The smallest absolute Gasteiger partial charge is 0.255 e. The van der Waals surface area contributed by atoms with Crippen molar-refractivity contribution < 1.29 is 13.9 Å². The first-order chi connectivity index (χ1) is 16.3. The van der Waals surface area contributed by atoms with Crippen LogP contribution in [0.5, 0.6) is 0 Å². The van der Waals surface area contributed by atoms with E-state index in [1.54, 1.807) is 11.9 Å². The monoisotopic (exact) mass is 466 g/mol. The summed E-state index contributed by atoms with van der Waals surface area (Å²) in [6, 6.07) is 10.3. The molecule has 1 fully saturated rings. The number of carbonyl (C=O) groups is 1. The van der Waals surface area contributed by atoms with Gasteiger partial charge in [0, 0.05) is 37.1 Å². The lowest BCUT2D eigenvalue weighted by molar-refractivity contribution is -0.116. The number of anilines is 2. The van der Waals surface area contributed by atoms with Gasteiger partial charge in [0.1, 0.15) is 6.10 Å². The Morgan fingerprint density at radius 3 is 2.74 bits per heavy atom. The average Bonchev–Trinajstić information content (AvgIpc) is 2.81.